The van der Waals surface area contributed by atoms with Crippen molar-refractivity contribution in [3.8, 4) is 11.6 Å². The first-order valence-corrected chi connectivity index (χ1v) is 11.8. The van der Waals surface area contributed by atoms with Crippen molar-refractivity contribution in [1.29, 1.82) is 0 Å². The summed E-state index contributed by atoms with van der Waals surface area (Å²) in [4.78, 5) is 33.7. The molecule has 1 fully saturated rings. The molecule has 5 N–H and O–H groups in total. The molecule has 10 nitrogen and oxygen atoms in total. The van der Waals surface area contributed by atoms with Crippen LogP contribution in [0.5, 0.6) is 11.6 Å². The third-order valence-corrected chi connectivity index (χ3v) is 6.10. The summed E-state index contributed by atoms with van der Waals surface area (Å²) in [6.07, 6.45) is 6.74. The number of hydrogen-bond acceptors (Lipinski definition) is 7. The van der Waals surface area contributed by atoms with Crippen molar-refractivity contribution < 1.29 is 19.7 Å². The maximum absolute atomic E-state index is 12.0. The molecule has 0 unspecified atom stereocenters. The van der Waals surface area contributed by atoms with E-state index in [0.717, 1.165) is 11.1 Å². The molecule has 1 aromatic carbocycles. The number of hydrogen-bond donors (Lipinski definition) is 5. The monoisotopic (exact) mass is 491 g/mol. The Labute approximate surface area is 207 Å². The lowest BCUT2D eigenvalue weighted by Crippen LogP contribution is -2.31. The van der Waals surface area contributed by atoms with E-state index in [1.807, 2.05) is 12.1 Å². The molecule has 0 atom stereocenters. The van der Waals surface area contributed by atoms with E-state index >= 15 is 0 Å². The zero-order chi connectivity index (χ0) is 25.5. The molecule has 0 radical (unpaired) electrons. The lowest BCUT2D eigenvalue weighted by Gasteiger charge is -2.22. The summed E-state index contributed by atoms with van der Waals surface area (Å²) in [5, 5.41) is 25.3. The second kappa shape index (κ2) is 11.5. The molecule has 5 rings (SSSR count). The van der Waals surface area contributed by atoms with Crippen LogP contribution in [0.15, 0.2) is 53.5 Å². The number of benzene rings is 1. The summed E-state index contributed by atoms with van der Waals surface area (Å²) in [5.41, 5.74) is 2.10. The fourth-order valence-corrected chi connectivity index (χ4v) is 4.35. The standard InChI is InChI=1S/C16H20N2O2.C10H9N3O3/c19-14-8-4-5-11-9-13(18-16(20)15(11)14)10-17-12-6-2-1-3-7-12;1-16-8-3-2-6-9(13-8)7(4-5-11-6)12-10(14)15/h4-5,8-9,12,17,19H,1-3,6-7,10H2,(H,18,20);2-5H,1H3,(H,11,12)(H,14,15). The summed E-state index contributed by atoms with van der Waals surface area (Å²) in [5.74, 6) is 0.449. The molecular formula is C26H29N5O5. The van der Waals surface area contributed by atoms with E-state index in [-0.39, 0.29) is 11.3 Å². The minimum Gasteiger partial charge on any atom is -0.507 e. The number of fused-ring (bicyclic) bond motifs is 2. The minimum absolute atomic E-state index is 0.0375. The third-order valence-electron chi connectivity index (χ3n) is 6.10. The van der Waals surface area contributed by atoms with Crippen LogP contribution < -0.4 is 20.9 Å². The van der Waals surface area contributed by atoms with Gasteiger partial charge in [-0.05, 0) is 42.5 Å². The zero-order valence-corrected chi connectivity index (χ0v) is 20.0. The Bertz CT molecular complexity index is 1420. The van der Waals surface area contributed by atoms with Gasteiger partial charge in [0, 0.05) is 30.5 Å². The number of rotatable bonds is 5. The van der Waals surface area contributed by atoms with Crippen LogP contribution in [0.4, 0.5) is 10.5 Å². The van der Waals surface area contributed by atoms with Crippen molar-refractivity contribution in [1.82, 2.24) is 20.3 Å². The van der Waals surface area contributed by atoms with Crippen LogP contribution in [0.25, 0.3) is 21.8 Å². The van der Waals surface area contributed by atoms with Crippen molar-refractivity contribution in [2.24, 2.45) is 0 Å². The summed E-state index contributed by atoms with van der Waals surface area (Å²) < 4.78 is 4.97. The van der Waals surface area contributed by atoms with Gasteiger partial charge in [-0.3, -0.25) is 15.1 Å². The molecule has 10 heteroatoms. The Morgan fingerprint density at radius 3 is 2.72 bits per heavy atom. The summed E-state index contributed by atoms with van der Waals surface area (Å²) in [7, 11) is 1.49. The highest BCUT2D eigenvalue weighted by Crippen LogP contribution is 2.23. The van der Waals surface area contributed by atoms with E-state index in [9.17, 15) is 14.7 Å². The molecular weight excluding hydrogens is 462 g/mol. The number of ether oxygens (including phenoxy) is 1. The first-order valence-electron chi connectivity index (χ1n) is 11.8. The average molecular weight is 492 g/mol. The first-order chi connectivity index (χ1) is 17.4. The Balaban J connectivity index is 0.000000174. The Morgan fingerprint density at radius 2 is 1.97 bits per heavy atom. The van der Waals surface area contributed by atoms with Gasteiger partial charge in [-0.15, -0.1) is 0 Å². The topological polar surface area (TPSA) is 149 Å². The molecule has 0 aliphatic heterocycles. The van der Waals surface area contributed by atoms with Gasteiger partial charge in [-0.2, -0.15) is 0 Å². The molecule has 4 aromatic rings. The Kier molecular flexibility index (Phi) is 7.96. The van der Waals surface area contributed by atoms with Crippen LogP contribution >= 0.6 is 0 Å². The molecule has 3 aromatic heterocycles. The summed E-state index contributed by atoms with van der Waals surface area (Å²) in [6, 6.07) is 12.6. The number of carboxylic acid groups (broad SMARTS) is 1. The van der Waals surface area contributed by atoms with Crippen molar-refractivity contribution in [2.75, 3.05) is 12.4 Å². The normalized spacial score (nSPS) is 13.7. The van der Waals surface area contributed by atoms with Gasteiger partial charge in [0.2, 0.25) is 5.88 Å². The SMILES string of the molecule is COc1ccc2nccc(NC(=O)O)c2n1.O=c1[nH]c(CNC2CCCCC2)cc2cccc(O)c12. The van der Waals surface area contributed by atoms with Crippen LogP contribution in [-0.2, 0) is 6.54 Å². The van der Waals surface area contributed by atoms with E-state index < -0.39 is 6.09 Å². The van der Waals surface area contributed by atoms with Gasteiger partial charge in [0.15, 0.2) is 0 Å². The highest BCUT2D eigenvalue weighted by atomic mass is 16.5. The molecule has 0 saturated heterocycles. The second-order valence-corrected chi connectivity index (χ2v) is 8.59. The molecule has 1 saturated carbocycles. The smallest absolute Gasteiger partial charge is 0.409 e. The summed E-state index contributed by atoms with van der Waals surface area (Å²) in [6.45, 7) is 0.672. The number of phenols is 1. The zero-order valence-electron chi connectivity index (χ0n) is 20.0. The largest absolute Gasteiger partial charge is 0.507 e. The molecule has 188 valence electrons. The van der Waals surface area contributed by atoms with Gasteiger partial charge in [0.1, 0.15) is 11.3 Å². The van der Waals surface area contributed by atoms with Gasteiger partial charge in [0.25, 0.3) is 5.56 Å². The number of nitrogens with zero attached hydrogens (tertiary/aromatic N) is 2. The van der Waals surface area contributed by atoms with E-state index in [2.05, 4.69) is 25.6 Å². The number of H-pyrrole nitrogens is 1. The van der Waals surface area contributed by atoms with Crippen molar-refractivity contribution in [2.45, 2.75) is 44.7 Å². The van der Waals surface area contributed by atoms with Crippen LogP contribution in [0.1, 0.15) is 37.8 Å². The average Bonchev–Trinajstić information content (AvgIpc) is 2.88. The minimum atomic E-state index is -1.14. The van der Waals surface area contributed by atoms with Crippen molar-refractivity contribution in [3.05, 3.63) is 64.7 Å². The van der Waals surface area contributed by atoms with Crippen LogP contribution in [0, 0.1) is 0 Å². The second-order valence-electron chi connectivity index (χ2n) is 8.59. The number of aromatic amines is 1. The lowest BCUT2D eigenvalue weighted by atomic mass is 9.95. The third kappa shape index (κ3) is 6.08. The number of anilines is 1. The number of carbonyl (C=O) groups is 1. The van der Waals surface area contributed by atoms with Crippen LogP contribution in [0.3, 0.4) is 0 Å². The van der Waals surface area contributed by atoms with Crippen LogP contribution in [0.2, 0.25) is 0 Å². The number of nitrogens with one attached hydrogen (secondary N) is 3. The Morgan fingerprint density at radius 1 is 1.17 bits per heavy atom. The maximum Gasteiger partial charge on any atom is 0.409 e. The molecule has 0 bridgehead atoms. The molecule has 1 aliphatic rings. The van der Waals surface area contributed by atoms with Gasteiger partial charge in [0.05, 0.1) is 23.7 Å². The quantitative estimate of drug-likeness (QED) is 0.276. The van der Waals surface area contributed by atoms with Crippen molar-refractivity contribution >= 4 is 33.6 Å². The number of methoxy groups -OCH3 is 1. The van der Waals surface area contributed by atoms with E-state index in [1.54, 1.807) is 24.3 Å². The van der Waals surface area contributed by atoms with E-state index in [4.69, 9.17) is 9.84 Å². The predicted molar refractivity (Wildman–Crippen MR) is 138 cm³/mol. The van der Waals surface area contributed by atoms with E-state index in [0.29, 0.717) is 40.6 Å². The van der Waals surface area contributed by atoms with E-state index in [1.165, 1.54) is 51.5 Å². The Hall–Kier alpha value is -4.18. The highest BCUT2D eigenvalue weighted by Gasteiger charge is 2.13. The predicted octanol–water partition coefficient (Wildman–Crippen LogP) is 4.38. The van der Waals surface area contributed by atoms with Crippen molar-refractivity contribution in [3.63, 3.8) is 0 Å². The molecule has 3 heterocycles. The number of aromatic hydroxyl groups is 1. The summed E-state index contributed by atoms with van der Waals surface area (Å²) >= 11 is 0. The first kappa shape index (κ1) is 24.9. The highest BCUT2D eigenvalue weighted by molar-refractivity contribution is 5.95. The van der Waals surface area contributed by atoms with Gasteiger partial charge >= 0.3 is 6.09 Å². The number of pyridine rings is 3. The van der Waals surface area contributed by atoms with Gasteiger partial charge < -0.3 is 25.3 Å². The molecule has 1 amide bonds. The fraction of sp³-hybridized carbons (Fsp3) is 0.308. The van der Waals surface area contributed by atoms with Crippen LogP contribution in [-0.4, -0.2) is 44.4 Å². The molecule has 1 aliphatic carbocycles. The number of aromatic nitrogens is 3. The maximum atomic E-state index is 12.0. The fourth-order valence-electron chi connectivity index (χ4n) is 4.35. The van der Waals surface area contributed by atoms with Gasteiger partial charge in [-0.1, -0.05) is 31.4 Å². The molecule has 36 heavy (non-hydrogen) atoms. The molecule has 0 spiro atoms. The number of amides is 1. The van der Waals surface area contributed by atoms with Gasteiger partial charge in [-0.25, -0.2) is 9.78 Å². The lowest BCUT2D eigenvalue weighted by molar-refractivity contribution is 0.210. The number of phenolic OH excluding ortho intramolecular Hbond substituents is 1.